The number of fused-ring (bicyclic) bond motifs is 3. The summed E-state index contributed by atoms with van der Waals surface area (Å²) in [6, 6.07) is 2.98. The van der Waals surface area contributed by atoms with Crippen LogP contribution in [0.5, 0.6) is 0 Å². The highest BCUT2D eigenvalue weighted by atomic mass is 35.5. The smallest absolute Gasteiger partial charge is 0.410 e. The number of rotatable bonds is 6. The second-order valence-electron chi connectivity index (χ2n) is 15.6. The maximum atomic E-state index is 14.4. The van der Waals surface area contributed by atoms with Crippen LogP contribution < -0.4 is 20.7 Å². The van der Waals surface area contributed by atoms with Crippen LogP contribution in [0.2, 0.25) is 5.02 Å². The summed E-state index contributed by atoms with van der Waals surface area (Å²) in [6.07, 6.45) is 8.68. The van der Waals surface area contributed by atoms with Gasteiger partial charge in [0.25, 0.3) is 5.91 Å². The highest BCUT2D eigenvalue weighted by Crippen LogP contribution is 2.48. The number of nitrogens with one attached hydrogen (secondary N) is 4. The van der Waals surface area contributed by atoms with Crippen molar-refractivity contribution in [1.29, 1.82) is 0 Å². The lowest BCUT2D eigenvalue weighted by Gasteiger charge is -2.30. The fraction of sp³-hybridized carbons (Fsp3) is 0.694. The lowest BCUT2D eigenvalue weighted by Crippen LogP contribution is -2.59. The molecule has 0 unspecified atom stereocenters. The van der Waals surface area contributed by atoms with Gasteiger partial charge in [-0.25, -0.2) is 18.0 Å². The van der Waals surface area contributed by atoms with Crippen LogP contribution in [0.25, 0.3) is 0 Å². The summed E-state index contributed by atoms with van der Waals surface area (Å²) in [5, 5.41) is 8.71. The molecule has 3 aliphatic carbocycles. The Bertz CT molecular complexity index is 1700. The number of nitrogens with zero attached hydrogens (tertiary/aromatic N) is 2. The maximum absolute atomic E-state index is 14.4. The molecule has 2 saturated heterocycles. The van der Waals surface area contributed by atoms with Crippen LogP contribution in [-0.2, 0) is 42.2 Å². The standard InChI is InChI=1S/C36H49ClN6O8S/c37-25-13-12-22-19-42(20-23(22)16-25)35(48)51-27-17-30-31(44)40-36(33(46)41-52(49,50)28-14-15-28)18-24(36)8-4-2-1-3-5-11-29(32(45)43(30)21-27)39-34(47)38-26-9-6-7-10-26/h12-13,16,24,26-30H,1-11,14-15,17-21H2,(H,40,44)(H,41,46)(H2,38,39,47)/t24-,27-,29+,30+,36-/m1/s1. The molecule has 3 heterocycles. The largest absolute Gasteiger partial charge is 0.444 e. The average Bonchev–Trinajstić information content (AvgIpc) is 3.89. The van der Waals surface area contributed by atoms with Crippen LogP contribution in [0.3, 0.4) is 0 Å². The number of amides is 6. The van der Waals surface area contributed by atoms with Gasteiger partial charge < -0.3 is 25.6 Å². The van der Waals surface area contributed by atoms with Gasteiger partial charge in [0, 0.05) is 30.6 Å². The second-order valence-corrected chi connectivity index (χ2v) is 17.9. The summed E-state index contributed by atoms with van der Waals surface area (Å²) >= 11 is 6.16. The third kappa shape index (κ3) is 8.14. The van der Waals surface area contributed by atoms with Crippen molar-refractivity contribution in [3.05, 3.63) is 34.3 Å². The average molecular weight is 761 g/mol. The molecule has 52 heavy (non-hydrogen) atoms. The maximum Gasteiger partial charge on any atom is 0.410 e. The molecule has 284 valence electrons. The fourth-order valence-corrected chi connectivity index (χ4v) is 9.98. The molecule has 0 aromatic heterocycles. The number of sulfonamides is 1. The summed E-state index contributed by atoms with van der Waals surface area (Å²) in [6.45, 7) is 0.546. The van der Waals surface area contributed by atoms with E-state index in [0.717, 1.165) is 62.5 Å². The van der Waals surface area contributed by atoms with E-state index in [-0.39, 0.29) is 31.3 Å². The van der Waals surface area contributed by atoms with Crippen molar-refractivity contribution in [2.45, 2.75) is 144 Å². The van der Waals surface area contributed by atoms with Gasteiger partial charge >= 0.3 is 12.1 Å². The number of ether oxygens (including phenoxy) is 1. The van der Waals surface area contributed by atoms with Gasteiger partial charge in [0.05, 0.1) is 11.8 Å². The molecule has 14 nitrogen and oxygen atoms in total. The normalized spacial score (nSPS) is 29.9. The van der Waals surface area contributed by atoms with Gasteiger partial charge in [0.2, 0.25) is 21.8 Å². The van der Waals surface area contributed by atoms with Crippen molar-refractivity contribution in [2.75, 3.05) is 6.54 Å². The van der Waals surface area contributed by atoms with Gasteiger partial charge in [0.1, 0.15) is 23.7 Å². The Morgan fingerprint density at radius 2 is 1.58 bits per heavy atom. The number of carbonyl (C=O) groups excluding carboxylic acids is 5. The molecule has 4 N–H and O–H groups in total. The second kappa shape index (κ2) is 15.0. The fourth-order valence-electron chi connectivity index (χ4n) is 8.42. The minimum Gasteiger partial charge on any atom is -0.444 e. The molecular weight excluding hydrogens is 712 g/mol. The van der Waals surface area contributed by atoms with Crippen molar-refractivity contribution >= 4 is 51.5 Å². The Hall–Kier alpha value is -3.59. The van der Waals surface area contributed by atoms with Gasteiger partial charge in [-0.1, -0.05) is 62.6 Å². The first kappa shape index (κ1) is 36.8. The quantitative estimate of drug-likeness (QED) is 0.339. The number of halogens is 1. The van der Waals surface area contributed by atoms with Crippen LogP contribution in [0, 0.1) is 5.92 Å². The molecule has 0 spiro atoms. The Labute approximate surface area is 309 Å². The van der Waals surface area contributed by atoms with Gasteiger partial charge in [0.15, 0.2) is 0 Å². The minimum atomic E-state index is -3.87. The zero-order chi connectivity index (χ0) is 36.6. The molecule has 6 amide bonds. The number of benzene rings is 1. The lowest BCUT2D eigenvalue weighted by molar-refractivity contribution is -0.141. The Morgan fingerprint density at radius 1 is 0.885 bits per heavy atom. The summed E-state index contributed by atoms with van der Waals surface area (Å²) in [4.78, 5) is 71.8. The number of hydrogen-bond donors (Lipinski definition) is 4. The monoisotopic (exact) mass is 760 g/mol. The van der Waals surface area contributed by atoms with Gasteiger partial charge in [-0.2, -0.15) is 0 Å². The molecule has 0 bridgehead atoms. The first-order chi connectivity index (χ1) is 24.9. The predicted molar refractivity (Wildman–Crippen MR) is 190 cm³/mol. The highest BCUT2D eigenvalue weighted by molar-refractivity contribution is 7.91. The summed E-state index contributed by atoms with van der Waals surface area (Å²) in [7, 11) is -3.87. The first-order valence-electron chi connectivity index (χ1n) is 18.9. The van der Waals surface area contributed by atoms with Crippen LogP contribution in [0.4, 0.5) is 9.59 Å². The van der Waals surface area contributed by atoms with Crippen LogP contribution in [-0.4, -0.2) is 89.6 Å². The Kier molecular flexibility index (Phi) is 10.6. The first-order valence-corrected chi connectivity index (χ1v) is 20.8. The molecule has 1 aromatic rings. The van der Waals surface area contributed by atoms with E-state index in [4.69, 9.17) is 16.3 Å². The SMILES string of the molecule is O=C(NC1CCCC1)N[C@H]1CCCCCCC[C@@H]2C[C@@]2(C(=O)NS(=O)(=O)C2CC2)NC(=O)[C@@H]2C[C@@H](OC(=O)N3Cc4ccc(Cl)cc4C3)CN2C1=O. The summed E-state index contributed by atoms with van der Waals surface area (Å²) in [5.41, 5.74) is 0.435. The molecular formula is C36H49ClN6O8S. The topological polar surface area (TPSA) is 183 Å². The van der Waals surface area contributed by atoms with Crippen LogP contribution >= 0.6 is 11.6 Å². The third-order valence-corrected chi connectivity index (χ3v) is 13.7. The minimum absolute atomic E-state index is 0.0281. The van der Waals surface area contributed by atoms with Gasteiger partial charge in [-0.15, -0.1) is 0 Å². The molecule has 3 saturated carbocycles. The van der Waals surface area contributed by atoms with Crippen molar-refractivity contribution in [3.8, 4) is 0 Å². The van der Waals surface area contributed by atoms with Gasteiger partial charge in [-0.05, 0) is 74.1 Å². The van der Waals surface area contributed by atoms with E-state index in [0.29, 0.717) is 50.2 Å². The summed E-state index contributed by atoms with van der Waals surface area (Å²) < 4.78 is 33.8. The van der Waals surface area contributed by atoms with E-state index in [9.17, 15) is 32.4 Å². The van der Waals surface area contributed by atoms with E-state index in [1.165, 1.54) is 9.80 Å². The van der Waals surface area contributed by atoms with Gasteiger partial charge in [-0.3, -0.25) is 24.0 Å². The molecule has 6 aliphatic rings. The number of urea groups is 1. The Balaban J connectivity index is 1.11. The molecule has 0 radical (unpaired) electrons. The molecule has 7 rings (SSSR count). The molecule has 3 aliphatic heterocycles. The van der Waals surface area contributed by atoms with E-state index in [2.05, 4.69) is 20.7 Å². The van der Waals surface area contributed by atoms with Crippen molar-refractivity contribution in [1.82, 2.24) is 30.5 Å². The van der Waals surface area contributed by atoms with E-state index < -0.39 is 68.8 Å². The van der Waals surface area contributed by atoms with Crippen molar-refractivity contribution < 1.29 is 37.1 Å². The van der Waals surface area contributed by atoms with Crippen LogP contribution in [0.15, 0.2) is 18.2 Å². The van der Waals surface area contributed by atoms with E-state index in [1.54, 1.807) is 6.07 Å². The van der Waals surface area contributed by atoms with Crippen molar-refractivity contribution in [3.63, 3.8) is 0 Å². The lowest BCUT2D eigenvalue weighted by atomic mass is 10.0. The molecule has 5 fully saturated rings. The zero-order valence-electron chi connectivity index (χ0n) is 29.4. The molecule has 16 heteroatoms. The number of carbonyl (C=O) groups is 5. The highest BCUT2D eigenvalue weighted by Gasteiger charge is 2.62. The van der Waals surface area contributed by atoms with Crippen LogP contribution in [0.1, 0.15) is 107 Å². The van der Waals surface area contributed by atoms with Crippen molar-refractivity contribution in [2.24, 2.45) is 5.92 Å². The summed E-state index contributed by atoms with van der Waals surface area (Å²) in [5.74, 6) is -2.10. The van der Waals surface area contributed by atoms with E-state index in [1.807, 2.05) is 12.1 Å². The zero-order valence-corrected chi connectivity index (χ0v) is 30.9. The predicted octanol–water partition coefficient (Wildman–Crippen LogP) is 3.60. The molecule has 1 aromatic carbocycles. The molecule has 5 atom stereocenters. The van der Waals surface area contributed by atoms with E-state index >= 15 is 0 Å². The Morgan fingerprint density at radius 3 is 2.33 bits per heavy atom. The third-order valence-electron chi connectivity index (χ3n) is 11.7. The number of hydrogen-bond acceptors (Lipinski definition) is 8.